The zero-order valence-corrected chi connectivity index (χ0v) is 21.1. The maximum atomic E-state index is 9.70. The van der Waals surface area contributed by atoms with Gasteiger partial charge in [0.15, 0.2) is 23.0 Å². The lowest BCUT2D eigenvalue weighted by Crippen LogP contribution is -1.92. The first-order chi connectivity index (χ1) is 18.6. The third-order valence-electron chi connectivity index (χ3n) is 5.84. The number of hydrogen-bond donors (Lipinski definition) is 4. The lowest BCUT2D eigenvalue weighted by atomic mass is 10.2. The third-order valence-corrected chi connectivity index (χ3v) is 5.84. The molecule has 0 aliphatic carbocycles. The highest BCUT2D eigenvalue weighted by Gasteiger charge is 2.10. The molecule has 4 aromatic carbocycles. The van der Waals surface area contributed by atoms with Crippen molar-refractivity contribution in [3.63, 3.8) is 0 Å². The number of H-pyrrole nitrogens is 2. The van der Waals surface area contributed by atoms with Crippen LogP contribution in [0.25, 0.3) is 44.8 Å². The first-order valence-corrected chi connectivity index (χ1v) is 12.4. The standard InChI is InChI=1S/2C15H14N2O2/c2*1-2-19-14-9-10(7-8-13(14)18)15-16-11-5-3-4-6-12(11)17-15/h2*3-9,18H,2H2,1H3,(H,16,17). The van der Waals surface area contributed by atoms with Gasteiger partial charge in [-0.05, 0) is 74.5 Å². The van der Waals surface area contributed by atoms with E-state index in [1.165, 1.54) is 0 Å². The minimum Gasteiger partial charge on any atom is -0.504 e. The highest BCUT2D eigenvalue weighted by Crippen LogP contribution is 2.32. The van der Waals surface area contributed by atoms with Gasteiger partial charge in [-0.25, -0.2) is 9.97 Å². The molecule has 0 atom stereocenters. The second-order valence-electron chi connectivity index (χ2n) is 8.44. The van der Waals surface area contributed by atoms with E-state index in [9.17, 15) is 10.2 Å². The summed E-state index contributed by atoms with van der Waals surface area (Å²) in [5.74, 6) is 2.76. The van der Waals surface area contributed by atoms with Gasteiger partial charge < -0.3 is 29.7 Å². The Balaban J connectivity index is 0.000000155. The summed E-state index contributed by atoms with van der Waals surface area (Å²) < 4.78 is 10.8. The van der Waals surface area contributed by atoms with E-state index < -0.39 is 0 Å². The van der Waals surface area contributed by atoms with Crippen LogP contribution in [-0.2, 0) is 0 Å². The van der Waals surface area contributed by atoms with Gasteiger partial charge >= 0.3 is 0 Å². The first-order valence-electron chi connectivity index (χ1n) is 12.4. The lowest BCUT2D eigenvalue weighted by Gasteiger charge is -2.06. The largest absolute Gasteiger partial charge is 0.504 e. The van der Waals surface area contributed by atoms with Crippen LogP contribution in [0.4, 0.5) is 0 Å². The molecule has 0 fully saturated rings. The number of phenols is 2. The third kappa shape index (κ3) is 5.24. The summed E-state index contributed by atoms with van der Waals surface area (Å²) >= 11 is 0. The van der Waals surface area contributed by atoms with Crippen LogP contribution in [0.15, 0.2) is 84.9 Å². The van der Waals surface area contributed by atoms with E-state index in [-0.39, 0.29) is 11.5 Å². The number of aromatic hydroxyl groups is 2. The van der Waals surface area contributed by atoms with Crippen molar-refractivity contribution in [1.29, 1.82) is 0 Å². The maximum Gasteiger partial charge on any atom is 0.161 e. The predicted molar refractivity (Wildman–Crippen MR) is 149 cm³/mol. The van der Waals surface area contributed by atoms with Crippen molar-refractivity contribution in [1.82, 2.24) is 19.9 Å². The van der Waals surface area contributed by atoms with Crippen LogP contribution in [-0.4, -0.2) is 43.4 Å². The molecular formula is C30H28N4O4. The molecule has 2 aromatic heterocycles. The summed E-state index contributed by atoms with van der Waals surface area (Å²) in [6, 6.07) is 26.2. The van der Waals surface area contributed by atoms with Crippen molar-refractivity contribution in [2.24, 2.45) is 0 Å². The number of phenolic OH excluding ortho intramolecular Hbond substituents is 2. The highest BCUT2D eigenvalue weighted by atomic mass is 16.5. The molecule has 0 saturated carbocycles. The SMILES string of the molecule is CCOc1cc(-c2nc3ccccc3[nH]2)ccc1O.CCOc1cc(-c2nc3ccccc3[nH]2)ccc1O. The van der Waals surface area contributed by atoms with Crippen LogP contribution in [0, 0.1) is 0 Å². The Morgan fingerprint density at radius 2 is 1.03 bits per heavy atom. The summed E-state index contributed by atoms with van der Waals surface area (Å²) in [7, 11) is 0. The molecule has 0 aliphatic heterocycles. The first kappa shape index (κ1) is 24.7. The van der Waals surface area contributed by atoms with Gasteiger partial charge in [-0.2, -0.15) is 0 Å². The quantitative estimate of drug-likeness (QED) is 0.200. The van der Waals surface area contributed by atoms with Crippen LogP contribution in [0.1, 0.15) is 13.8 Å². The normalized spacial score (nSPS) is 10.8. The molecule has 0 aliphatic rings. The van der Waals surface area contributed by atoms with Crippen molar-refractivity contribution in [2.45, 2.75) is 13.8 Å². The number of rotatable bonds is 6. The molecule has 192 valence electrons. The molecule has 38 heavy (non-hydrogen) atoms. The molecule has 0 saturated heterocycles. The molecule has 0 spiro atoms. The van der Waals surface area contributed by atoms with E-state index in [0.29, 0.717) is 24.7 Å². The number of ether oxygens (including phenoxy) is 2. The summed E-state index contributed by atoms with van der Waals surface area (Å²) in [6.07, 6.45) is 0. The number of aromatic nitrogens is 4. The summed E-state index contributed by atoms with van der Waals surface area (Å²) in [6.45, 7) is 4.79. The van der Waals surface area contributed by atoms with Gasteiger partial charge in [0.2, 0.25) is 0 Å². The fourth-order valence-electron chi connectivity index (χ4n) is 4.04. The monoisotopic (exact) mass is 508 g/mol. The van der Waals surface area contributed by atoms with E-state index in [2.05, 4.69) is 19.9 Å². The van der Waals surface area contributed by atoms with Gasteiger partial charge in [-0.15, -0.1) is 0 Å². The Morgan fingerprint density at radius 1 is 0.605 bits per heavy atom. The smallest absolute Gasteiger partial charge is 0.161 e. The van der Waals surface area contributed by atoms with Crippen LogP contribution in [0.2, 0.25) is 0 Å². The van der Waals surface area contributed by atoms with E-state index in [1.807, 2.05) is 74.5 Å². The fraction of sp³-hybridized carbons (Fsp3) is 0.133. The number of nitrogens with one attached hydrogen (secondary N) is 2. The van der Waals surface area contributed by atoms with Crippen LogP contribution < -0.4 is 9.47 Å². The van der Waals surface area contributed by atoms with Crippen molar-refractivity contribution >= 4 is 22.1 Å². The second-order valence-corrected chi connectivity index (χ2v) is 8.44. The second kappa shape index (κ2) is 11.0. The van der Waals surface area contributed by atoms with Gasteiger partial charge in [0.05, 0.1) is 35.3 Å². The van der Waals surface area contributed by atoms with Gasteiger partial charge in [0.1, 0.15) is 11.6 Å². The number of imidazole rings is 2. The van der Waals surface area contributed by atoms with Gasteiger partial charge in [0.25, 0.3) is 0 Å². The number of nitrogens with zero attached hydrogens (tertiary/aromatic N) is 2. The Morgan fingerprint density at radius 3 is 1.42 bits per heavy atom. The van der Waals surface area contributed by atoms with Crippen LogP contribution >= 0.6 is 0 Å². The molecule has 0 amide bonds. The fourth-order valence-corrected chi connectivity index (χ4v) is 4.04. The number of aromatic amines is 2. The van der Waals surface area contributed by atoms with E-state index in [1.54, 1.807) is 24.3 Å². The minimum atomic E-state index is 0.140. The number of para-hydroxylation sites is 4. The Labute approximate surface area is 219 Å². The molecule has 8 heteroatoms. The van der Waals surface area contributed by atoms with Crippen molar-refractivity contribution in [3.8, 4) is 45.8 Å². The molecule has 6 rings (SSSR count). The van der Waals surface area contributed by atoms with Gasteiger partial charge in [-0.3, -0.25) is 0 Å². The Hall–Kier alpha value is -4.98. The van der Waals surface area contributed by atoms with Gasteiger partial charge in [-0.1, -0.05) is 24.3 Å². The summed E-state index contributed by atoms with van der Waals surface area (Å²) in [4.78, 5) is 15.5. The van der Waals surface area contributed by atoms with Crippen molar-refractivity contribution < 1.29 is 19.7 Å². The van der Waals surface area contributed by atoms with E-state index >= 15 is 0 Å². The van der Waals surface area contributed by atoms with Gasteiger partial charge in [0, 0.05) is 11.1 Å². The predicted octanol–water partition coefficient (Wildman–Crippen LogP) is 6.67. The molecule has 2 heterocycles. The van der Waals surface area contributed by atoms with Crippen molar-refractivity contribution in [2.75, 3.05) is 13.2 Å². The van der Waals surface area contributed by atoms with Crippen molar-refractivity contribution in [3.05, 3.63) is 84.9 Å². The Bertz CT molecular complexity index is 1500. The molecule has 4 N–H and O–H groups in total. The number of benzene rings is 4. The van der Waals surface area contributed by atoms with Crippen LogP contribution in [0.3, 0.4) is 0 Å². The molecule has 0 radical (unpaired) electrons. The molecule has 0 unspecified atom stereocenters. The lowest BCUT2D eigenvalue weighted by molar-refractivity contribution is 0.318. The van der Waals surface area contributed by atoms with Crippen LogP contribution in [0.5, 0.6) is 23.0 Å². The van der Waals surface area contributed by atoms with E-state index in [4.69, 9.17) is 9.47 Å². The zero-order valence-electron chi connectivity index (χ0n) is 21.1. The molecular weight excluding hydrogens is 480 g/mol. The molecule has 8 nitrogen and oxygen atoms in total. The van der Waals surface area contributed by atoms with E-state index in [0.717, 1.165) is 44.8 Å². The highest BCUT2D eigenvalue weighted by molar-refractivity contribution is 5.80. The Kier molecular flexibility index (Phi) is 7.13. The average molecular weight is 509 g/mol. The summed E-state index contributed by atoms with van der Waals surface area (Å²) in [5.41, 5.74) is 5.59. The minimum absolute atomic E-state index is 0.140. The number of fused-ring (bicyclic) bond motifs is 2. The average Bonchev–Trinajstić information content (AvgIpc) is 3.56. The summed E-state index contributed by atoms with van der Waals surface area (Å²) in [5, 5.41) is 19.4. The molecule has 0 bridgehead atoms. The number of hydrogen-bond acceptors (Lipinski definition) is 6. The zero-order chi connectivity index (χ0) is 26.5. The topological polar surface area (TPSA) is 116 Å². The molecule has 6 aromatic rings. The maximum absolute atomic E-state index is 9.70.